The number of rotatable bonds is 5. The second-order valence-corrected chi connectivity index (χ2v) is 5.19. The standard InChI is InChI=1S/C16H18ClNO/c1-18(11-13-5-3-2-4-6-13)12-16(19)14-7-9-15(17)10-8-14/h2-10,16,19H,11-12H2,1H3. The third-order valence-corrected chi connectivity index (χ3v) is 3.29. The van der Waals surface area contributed by atoms with Gasteiger partial charge in [0, 0.05) is 18.1 Å². The number of hydrogen-bond donors (Lipinski definition) is 1. The first-order chi connectivity index (χ1) is 9.15. The summed E-state index contributed by atoms with van der Waals surface area (Å²) in [6.45, 7) is 1.42. The summed E-state index contributed by atoms with van der Waals surface area (Å²) in [5.41, 5.74) is 2.14. The third kappa shape index (κ3) is 4.35. The van der Waals surface area contributed by atoms with Gasteiger partial charge in [-0.3, -0.25) is 4.90 Å². The van der Waals surface area contributed by atoms with Crippen molar-refractivity contribution in [1.82, 2.24) is 4.90 Å². The van der Waals surface area contributed by atoms with Crippen LogP contribution in [0.2, 0.25) is 5.02 Å². The van der Waals surface area contributed by atoms with Crippen molar-refractivity contribution >= 4 is 11.6 Å². The van der Waals surface area contributed by atoms with Crippen molar-refractivity contribution < 1.29 is 5.11 Å². The number of aliphatic hydroxyl groups excluding tert-OH is 1. The normalized spacial score (nSPS) is 12.6. The van der Waals surface area contributed by atoms with E-state index in [4.69, 9.17) is 11.6 Å². The summed E-state index contributed by atoms with van der Waals surface area (Å²) in [4.78, 5) is 2.11. The highest BCUT2D eigenvalue weighted by Gasteiger charge is 2.10. The number of benzene rings is 2. The second kappa shape index (κ2) is 6.71. The van der Waals surface area contributed by atoms with Crippen LogP contribution in [0.3, 0.4) is 0 Å². The maximum Gasteiger partial charge on any atom is 0.0916 e. The van der Waals surface area contributed by atoms with E-state index in [1.165, 1.54) is 5.56 Å². The maximum atomic E-state index is 10.2. The van der Waals surface area contributed by atoms with Gasteiger partial charge in [0.1, 0.15) is 0 Å². The zero-order valence-electron chi connectivity index (χ0n) is 11.0. The van der Waals surface area contributed by atoms with Crippen LogP contribution in [0.15, 0.2) is 54.6 Å². The average Bonchev–Trinajstić information content (AvgIpc) is 2.40. The Labute approximate surface area is 119 Å². The van der Waals surface area contributed by atoms with E-state index in [1.807, 2.05) is 37.4 Å². The van der Waals surface area contributed by atoms with E-state index in [1.54, 1.807) is 12.1 Å². The first-order valence-corrected chi connectivity index (χ1v) is 6.69. The lowest BCUT2D eigenvalue weighted by atomic mass is 10.1. The summed E-state index contributed by atoms with van der Waals surface area (Å²) in [5.74, 6) is 0. The van der Waals surface area contributed by atoms with Crippen molar-refractivity contribution in [2.45, 2.75) is 12.6 Å². The zero-order valence-corrected chi connectivity index (χ0v) is 11.7. The largest absolute Gasteiger partial charge is 0.387 e. The van der Waals surface area contributed by atoms with Gasteiger partial charge < -0.3 is 5.11 Å². The minimum atomic E-state index is -0.494. The van der Waals surface area contributed by atoms with Crippen LogP contribution in [0, 0.1) is 0 Å². The quantitative estimate of drug-likeness (QED) is 0.903. The zero-order chi connectivity index (χ0) is 13.7. The van der Waals surface area contributed by atoms with Gasteiger partial charge in [-0.1, -0.05) is 54.1 Å². The van der Waals surface area contributed by atoms with E-state index in [0.717, 1.165) is 12.1 Å². The molecule has 0 saturated heterocycles. The van der Waals surface area contributed by atoms with Crippen molar-refractivity contribution in [2.24, 2.45) is 0 Å². The molecule has 1 atom stereocenters. The van der Waals surface area contributed by atoms with Crippen LogP contribution in [0.25, 0.3) is 0 Å². The van der Waals surface area contributed by atoms with Crippen molar-refractivity contribution in [2.75, 3.05) is 13.6 Å². The molecule has 0 amide bonds. The van der Waals surface area contributed by atoms with E-state index in [0.29, 0.717) is 11.6 Å². The van der Waals surface area contributed by atoms with Gasteiger partial charge in [0.2, 0.25) is 0 Å². The van der Waals surface area contributed by atoms with Gasteiger partial charge >= 0.3 is 0 Å². The summed E-state index contributed by atoms with van der Waals surface area (Å²) in [5, 5.41) is 10.9. The number of nitrogens with zero attached hydrogens (tertiary/aromatic N) is 1. The van der Waals surface area contributed by atoms with Gasteiger partial charge in [0.15, 0.2) is 0 Å². The fraction of sp³-hybridized carbons (Fsp3) is 0.250. The first kappa shape index (κ1) is 14.1. The molecule has 2 aromatic rings. The molecule has 3 heteroatoms. The van der Waals surface area contributed by atoms with Crippen molar-refractivity contribution in [1.29, 1.82) is 0 Å². The van der Waals surface area contributed by atoms with Crippen LogP contribution in [-0.4, -0.2) is 23.6 Å². The Kier molecular flexibility index (Phi) is 4.97. The molecule has 100 valence electrons. The van der Waals surface area contributed by atoms with Crippen molar-refractivity contribution in [3.05, 3.63) is 70.7 Å². The molecule has 2 rings (SSSR count). The SMILES string of the molecule is CN(Cc1ccccc1)CC(O)c1ccc(Cl)cc1. The number of hydrogen-bond acceptors (Lipinski definition) is 2. The number of halogens is 1. The molecule has 0 spiro atoms. The van der Waals surface area contributed by atoms with Crippen LogP contribution in [-0.2, 0) is 6.54 Å². The summed E-state index contributed by atoms with van der Waals surface area (Å²) in [6.07, 6.45) is -0.494. The molecule has 0 radical (unpaired) electrons. The minimum absolute atomic E-state index is 0.494. The maximum absolute atomic E-state index is 10.2. The van der Waals surface area contributed by atoms with Crippen LogP contribution in [0.4, 0.5) is 0 Å². The average molecular weight is 276 g/mol. The van der Waals surface area contributed by atoms with Gasteiger partial charge in [-0.2, -0.15) is 0 Å². The van der Waals surface area contributed by atoms with Gasteiger partial charge in [0.05, 0.1) is 6.10 Å². The lowest BCUT2D eigenvalue weighted by molar-refractivity contribution is 0.124. The number of aliphatic hydroxyl groups is 1. The molecule has 1 unspecified atom stereocenters. The van der Waals surface area contributed by atoms with E-state index < -0.39 is 6.10 Å². The monoisotopic (exact) mass is 275 g/mol. The molecule has 0 bridgehead atoms. The summed E-state index contributed by atoms with van der Waals surface area (Å²) in [6, 6.07) is 17.6. The van der Waals surface area contributed by atoms with Crippen molar-refractivity contribution in [3.8, 4) is 0 Å². The van der Waals surface area contributed by atoms with E-state index in [-0.39, 0.29) is 0 Å². The lowest BCUT2D eigenvalue weighted by Crippen LogP contribution is -2.24. The fourth-order valence-electron chi connectivity index (χ4n) is 2.05. The van der Waals surface area contributed by atoms with Crippen LogP contribution in [0.1, 0.15) is 17.2 Å². The number of likely N-dealkylation sites (N-methyl/N-ethyl adjacent to an activating group) is 1. The Morgan fingerprint density at radius 3 is 2.32 bits per heavy atom. The summed E-state index contributed by atoms with van der Waals surface area (Å²) >= 11 is 5.84. The fourth-order valence-corrected chi connectivity index (χ4v) is 2.17. The molecule has 0 aliphatic heterocycles. The minimum Gasteiger partial charge on any atom is -0.387 e. The highest BCUT2D eigenvalue weighted by molar-refractivity contribution is 6.30. The molecular formula is C16H18ClNO. The van der Waals surface area contributed by atoms with Gasteiger partial charge in [-0.05, 0) is 30.3 Å². The van der Waals surface area contributed by atoms with Crippen LogP contribution >= 0.6 is 11.6 Å². The molecule has 19 heavy (non-hydrogen) atoms. The molecular weight excluding hydrogens is 258 g/mol. The van der Waals surface area contributed by atoms with Gasteiger partial charge in [-0.15, -0.1) is 0 Å². The molecule has 2 aromatic carbocycles. The molecule has 0 heterocycles. The van der Waals surface area contributed by atoms with Gasteiger partial charge in [0.25, 0.3) is 0 Å². The highest BCUT2D eigenvalue weighted by atomic mass is 35.5. The molecule has 0 saturated carbocycles. The molecule has 0 fully saturated rings. The predicted molar refractivity (Wildman–Crippen MR) is 79.2 cm³/mol. The first-order valence-electron chi connectivity index (χ1n) is 6.31. The Bertz CT molecular complexity index is 498. The Balaban J connectivity index is 1.91. The van der Waals surface area contributed by atoms with Crippen molar-refractivity contribution in [3.63, 3.8) is 0 Å². The van der Waals surface area contributed by atoms with E-state index in [2.05, 4.69) is 17.0 Å². The second-order valence-electron chi connectivity index (χ2n) is 4.75. The van der Waals surface area contributed by atoms with Gasteiger partial charge in [-0.25, -0.2) is 0 Å². The highest BCUT2D eigenvalue weighted by Crippen LogP contribution is 2.17. The Hall–Kier alpha value is -1.35. The third-order valence-electron chi connectivity index (χ3n) is 3.03. The topological polar surface area (TPSA) is 23.5 Å². The molecule has 2 nitrogen and oxygen atoms in total. The molecule has 0 aromatic heterocycles. The predicted octanol–water partition coefficient (Wildman–Crippen LogP) is 3.51. The molecule has 1 N–H and O–H groups in total. The molecule has 0 aliphatic rings. The molecule has 0 aliphatic carbocycles. The Morgan fingerprint density at radius 2 is 1.68 bits per heavy atom. The van der Waals surface area contributed by atoms with Crippen LogP contribution in [0.5, 0.6) is 0 Å². The summed E-state index contributed by atoms with van der Waals surface area (Å²) in [7, 11) is 2.01. The Morgan fingerprint density at radius 1 is 1.05 bits per heavy atom. The van der Waals surface area contributed by atoms with Crippen LogP contribution < -0.4 is 0 Å². The summed E-state index contributed by atoms with van der Waals surface area (Å²) < 4.78 is 0. The van der Waals surface area contributed by atoms with E-state index in [9.17, 15) is 5.11 Å². The smallest absolute Gasteiger partial charge is 0.0916 e. The lowest BCUT2D eigenvalue weighted by Gasteiger charge is -2.21. The van der Waals surface area contributed by atoms with E-state index >= 15 is 0 Å².